The highest BCUT2D eigenvalue weighted by Crippen LogP contribution is 2.39. The number of carbonyl (C=O) groups is 3. The molecule has 0 unspecified atom stereocenters. The Kier molecular flexibility index (Phi) is 7.54. The van der Waals surface area contributed by atoms with Crippen LogP contribution in [0.5, 0.6) is 5.75 Å². The van der Waals surface area contributed by atoms with E-state index in [-0.39, 0.29) is 30.8 Å². The second kappa shape index (κ2) is 10.7. The molecule has 1 atom stereocenters. The highest BCUT2D eigenvalue weighted by atomic mass is 32.2. The van der Waals surface area contributed by atoms with Gasteiger partial charge >= 0.3 is 0 Å². The van der Waals surface area contributed by atoms with Crippen molar-refractivity contribution in [2.45, 2.75) is 42.4 Å². The van der Waals surface area contributed by atoms with Crippen LogP contribution in [0.15, 0.2) is 53.4 Å². The van der Waals surface area contributed by atoms with Crippen molar-refractivity contribution in [3.05, 3.63) is 54.1 Å². The van der Waals surface area contributed by atoms with Crippen LogP contribution < -0.4 is 15.0 Å². The summed E-state index contributed by atoms with van der Waals surface area (Å²) in [5.74, 6) is -0.0881. The third kappa shape index (κ3) is 5.33. The molecule has 33 heavy (non-hydrogen) atoms. The van der Waals surface area contributed by atoms with E-state index in [0.29, 0.717) is 24.5 Å². The standard InChI is InChI=1S/C25H29N3O4S/c1-32-20-12-6-4-10-18(20)16-26-22(29)17-28-19-11-5-7-13-21(19)33-23(25(28)31)24(30)27-14-8-2-3-9-15-27/h4-7,10-13,23H,2-3,8-9,14-17H2,1H3,(H,26,29)/t23-/m0/s1. The van der Waals surface area contributed by atoms with Crippen LogP contribution in [0.2, 0.25) is 0 Å². The lowest BCUT2D eigenvalue weighted by molar-refractivity contribution is -0.135. The van der Waals surface area contributed by atoms with Crippen LogP contribution >= 0.6 is 11.8 Å². The molecule has 1 fully saturated rings. The third-order valence-corrected chi connectivity index (χ3v) is 7.24. The number of thioether (sulfide) groups is 1. The highest BCUT2D eigenvalue weighted by Gasteiger charge is 2.40. The van der Waals surface area contributed by atoms with E-state index in [0.717, 1.165) is 36.1 Å². The van der Waals surface area contributed by atoms with Crippen LogP contribution in [0.4, 0.5) is 5.69 Å². The Hall–Kier alpha value is -3.00. The number of fused-ring (bicyclic) bond motifs is 1. The van der Waals surface area contributed by atoms with E-state index < -0.39 is 5.25 Å². The minimum Gasteiger partial charge on any atom is -0.496 e. The zero-order chi connectivity index (χ0) is 23.2. The van der Waals surface area contributed by atoms with E-state index in [9.17, 15) is 14.4 Å². The van der Waals surface area contributed by atoms with Crippen LogP contribution in [0.3, 0.4) is 0 Å². The fraction of sp³-hybridized carbons (Fsp3) is 0.400. The Morgan fingerprint density at radius 2 is 1.73 bits per heavy atom. The molecule has 0 aliphatic carbocycles. The minimum atomic E-state index is -0.861. The van der Waals surface area contributed by atoms with Gasteiger partial charge in [-0.05, 0) is 31.0 Å². The fourth-order valence-corrected chi connectivity index (χ4v) is 5.42. The van der Waals surface area contributed by atoms with Crippen molar-refractivity contribution in [2.24, 2.45) is 0 Å². The monoisotopic (exact) mass is 467 g/mol. The van der Waals surface area contributed by atoms with Crippen LogP contribution in [0, 0.1) is 0 Å². The predicted octanol–water partition coefficient (Wildman–Crippen LogP) is 3.22. The quantitative estimate of drug-likeness (QED) is 0.660. The number of nitrogens with one attached hydrogen (secondary N) is 1. The number of amides is 3. The zero-order valence-corrected chi connectivity index (χ0v) is 19.6. The van der Waals surface area contributed by atoms with E-state index in [4.69, 9.17) is 4.74 Å². The van der Waals surface area contributed by atoms with Gasteiger partial charge in [-0.15, -0.1) is 11.8 Å². The molecule has 1 N–H and O–H groups in total. The molecule has 8 heteroatoms. The number of benzene rings is 2. The van der Waals surface area contributed by atoms with Gasteiger partial charge in [0.05, 0.1) is 12.8 Å². The normalized spacial score (nSPS) is 18.3. The molecule has 0 aromatic heterocycles. The number of rotatable bonds is 6. The Morgan fingerprint density at radius 1 is 1.03 bits per heavy atom. The molecule has 2 heterocycles. The summed E-state index contributed by atoms with van der Waals surface area (Å²) < 4.78 is 5.34. The van der Waals surface area contributed by atoms with Crippen LogP contribution in [0.1, 0.15) is 31.2 Å². The summed E-state index contributed by atoms with van der Waals surface area (Å²) in [6.45, 7) is 1.52. The van der Waals surface area contributed by atoms with Crippen molar-refractivity contribution in [1.29, 1.82) is 0 Å². The van der Waals surface area contributed by atoms with Gasteiger partial charge in [-0.1, -0.05) is 43.2 Å². The summed E-state index contributed by atoms with van der Waals surface area (Å²) >= 11 is 1.29. The lowest BCUT2D eigenvalue weighted by Crippen LogP contribution is -2.52. The van der Waals surface area contributed by atoms with E-state index in [1.807, 2.05) is 53.4 Å². The van der Waals surface area contributed by atoms with Crippen molar-refractivity contribution in [3.8, 4) is 5.75 Å². The first-order valence-electron chi connectivity index (χ1n) is 11.3. The third-order valence-electron chi connectivity index (χ3n) is 6.00. The number of carbonyl (C=O) groups excluding carboxylic acids is 3. The SMILES string of the molecule is COc1ccccc1CNC(=O)CN1C(=O)[C@H](C(=O)N2CCCCCC2)Sc2ccccc21. The van der Waals surface area contributed by atoms with Crippen LogP contribution in [0.25, 0.3) is 0 Å². The summed E-state index contributed by atoms with van der Waals surface area (Å²) in [6, 6.07) is 14.9. The van der Waals surface area contributed by atoms with Crippen molar-refractivity contribution in [2.75, 3.05) is 31.6 Å². The van der Waals surface area contributed by atoms with Gasteiger partial charge in [-0.25, -0.2) is 0 Å². The number of nitrogens with zero attached hydrogens (tertiary/aromatic N) is 2. The average molecular weight is 468 g/mol. The van der Waals surface area contributed by atoms with Crippen LogP contribution in [-0.2, 0) is 20.9 Å². The number of hydrogen-bond acceptors (Lipinski definition) is 5. The van der Waals surface area contributed by atoms with Gasteiger partial charge in [0.1, 0.15) is 12.3 Å². The Labute approximate surface area is 198 Å². The molecule has 174 valence electrons. The van der Waals surface area contributed by atoms with Gasteiger partial charge in [-0.3, -0.25) is 14.4 Å². The first kappa shape index (κ1) is 23.2. The fourth-order valence-electron chi connectivity index (χ4n) is 4.24. The highest BCUT2D eigenvalue weighted by molar-refractivity contribution is 8.01. The molecule has 2 aliphatic heterocycles. The largest absolute Gasteiger partial charge is 0.496 e. The second-order valence-corrected chi connectivity index (χ2v) is 9.37. The van der Waals surface area contributed by atoms with E-state index in [1.165, 1.54) is 16.7 Å². The lowest BCUT2D eigenvalue weighted by Gasteiger charge is -2.34. The number of hydrogen-bond donors (Lipinski definition) is 1. The topological polar surface area (TPSA) is 79.0 Å². The molecule has 0 spiro atoms. The molecule has 0 bridgehead atoms. The molecule has 0 saturated carbocycles. The molecule has 2 aromatic carbocycles. The van der Waals surface area contributed by atoms with Gasteiger partial charge in [-0.2, -0.15) is 0 Å². The van der Waals surface area contributed by atoms with Gasteiger partial charge in [0, 0.05) is 30.1 Å². The molecule has 3 amide bonds. The summed E-state index contributed by atoms with van der Waals surface area (Å²) in [4.78, 5) is 43.6. The number of ether oxygens (including phenoxy) is 1. The van der Waals surface area contributed by atoms with Crippen molar-refractivity contribution < 1.29 is 19.1 Å². The van der Waals surface area contributed by atoms with Crippen molar-refractivity contribution in [3.63, 3.8) is 0 Å². The van der Waals surface area contributed by atoms with Crippen molar-refractivity contribution >= 4 is 35.2 Å². The summed E-state index contributed by atoms with van der Waals surface area (Å²) in [5, 5.41) is 2.01. The molecule has 2 aliphatic rings. The number of para-hydroxylation sites is 2. The van der Waals surface area contributed by atoms with Gasteiger partial charge in [0.2, 0.25) is 11.8 Å². The molecule has 4 rings (SSSR count). The molecule has 1 saturated heterocycles. The smallest absolute Gasteiger partial charge is 0.250 e. The Balaban J connectivity index is 1.49. The first-order chi connectivity index (χ1) is 16.1. The molecule has 0 radical (unpaired) electrons. The molecular weight excluding hydrogens is 438 g/mol. The zero-order valence-electron chi connectivity index (χ0n) is 18.8. The number of anilines is 1. The summed E-state index contributed by atoms with van der Waals surface area (Å²) in [7, 11) is 1.59. The minimum absolute atomic E-state index is 0.144. The molecular formula is C25H29N3O4S. The second-order valence-electron chi connectivity index (χ2n) is 8.22. The van der Waals surface area contributed by atoms with Gasteiger partial charge < -0.3 is 19.9 Å². The average Bonchev–Trinajstić information content (AvgIpc) is 3.14. The van der Waals surface area contributed by atoms with E-state index >= 15 is 0 Å². The maximum Gasteiger partial charge on any atom is 0.250 e. The van der Waals surface area contributed by atoms with Gasteiger partial charge in [0.15, 0.2) is 5.25 Å². The van der Waals surface area contributed by atoms with Gasteiger partial charge in [0.25, 0.3) is 5.91 Å². The first-order valence-corrected chi connectivity index (χ1v) is 12.2. The number of likely N-dealkylation sites (tertiary alicyclic amines) is 1. The Morgan fingerprint density at radius 3 is 2.48 bits per heavy atom. The lowest BCUT2D eigenvalue weighted by atomic mass is 10.2. The summed E-state index contributed by atoms with van der Waals surface area (Å²) in [5.41, 5.74) is 1.52. The molecule has 7 nitrogen and oxygen atoms in total. The van der Waals surface area contributed by atoms with E-state index in [1.54, 1.807) is 7.11 Å². The van der Waals surface area contributed by atoms with Crippen LogP contribution in [-0.4, -0.2) is 54.6 Å². The van der Waals surface area contributed by atoms with Crippen molar-refractivity contribution in [1.82, 2.24) is 10.2 Å². The molecule has 2 aromatic rings. The maximum absolute atomic E-state index is 13.4. The number of methoxy groups -OCH3 is 1. The maximum atomic E-state index is 13.4. The Bertz CT molecular complexity index is 1020. The summed E-state index contributed by atoms with van der Waals surface area (Å²) in [6.07, 6.45) is 4.14. The predicted molar refractivity (Wildman–Crippen MR) is 128 cm³/mol. The van der Waals surface area contributed by atoms with E-state index in [2.05, 4.69) is 5.32 Å².